The van der Waals surface area contributed by atoms with Crippen LogP contribution in [0, 0.1) is 11.8 Å². The SMILES string of the molecule is CC(C)CCC1CCCC1Nc1ccc(C(=O)Nc2nncs2)cn1. The molecule has 6 nitrogen and oxygen atoms in total. The van der Waals surface area contributed by atoms with Gasteiger partial charge in [0.25, 0.3) is 5.91 Å². The Kier molecular flexibility index (Phi) is 5.96. The molecule has 2 aromatic heterocycles. The van der Waals surface area contributed by atoms with E-state index < -0.39 is 0 Å². The van der Waals surface area contributed by atoms with E-state index >= 15 is 0 Å². The maximum Gasteiger partial charge on any atom is 0.259 e. The predicted molar refractivity (Wildman–Crippen MR) is 101 cm³/mol. The second kappa shape index (κ2) is 8.38. The lowest BCUT2D eigenvalue weighted by Crippen LogP contribution is -2.25. The maximum atomic E-state index is 12.1. The topological polar surface area (TPSA) is 79.8 Å². The molecule has 0 aliphatic heterocycles. The van der Waals surface area contributed by atoms with Crippen molar-refractivity contribution in [1.29, 1.82) is 0 Å². The molecule has 3 rings (SSSR count). The number of hydrogen-bond donors (Lipinski definition) is 2. The van der Waals surface area contributed by atoms with E-state index in [0.29, 0.717) is 16.7 Å². The minimum absolute atomic E-state index is 0.216. The Bertz CT molecular complexity index is 671. The number of carbonyl (C=O) groups excluding carboxylic acids is 1. The fraction of sp³-hybridized carbons (Fsp3) is 0.556. The van der Waals surface area contributed by atoms with Crippen LogP contribution in [0.5, 0.6) is 0 Å². The number of hydrogen-bond acceptors (Lipinski definition) is 6. The van der Waals surface area contributed by atoms with Crippen molar-refractivity contribution in [2.24, 2.45) is 11.8 Å². The molecule has 25 heavy (non-hydrogen) atoms. The number of nitrogens with zero attached hydrogens (tertiary/aromatic N) is 3. The molecule has 1 saturated carbocycles. The monoisotopic (exact) mass is 359 g/mol. The van der Waals surface area contributed by atoms with Crippen LogP contribution in [0.4, 0.5) is 10.9 Å². The van der Waals surface area contributed by atoms with Gasteiger partial charge >= 0.3 is 0 Å². The van der Waals surface area contributed by atoms with Crippen molar-refractivity contribution in [2.45, 2.75) is 52.0 Å². The van der Waals surface area contributed by atoms with Crippen LogP contribution in [0.25, 0.3) is 0 Å². The summed E-state index contributed by atoms with van der Waals surface area (Å²) in [5, 5.41) is 14.3. The summed E-state index contributed by atoms with van der Waals surface area (Å²) >= 11 is 1.29. The number of rotatable bonds is 7. The molecule has 0 aromatic carbocycles. The summed E-state index contributed by atoms with van der Waals surface area (Å²) in [7, 11) is 0. The highest BCUT2D eigenvalue weighted by atomic mass is 32.1. The number of pyridine rings is 1. The van der Waals surface area contributed by atoms with Crippen LogP contribution in [-0.4, -0.2) is 27.1 Å². The van der Waals surface area contributed by atoms with Crippen molar-refractivity contribution in [3.05, 3.63) is 29.4 Å². The molecule has 0 spiro atoms. The van der Waals surface area contributed by atoms with Crippen LogP contribution >= 0.6 is 11.3 Å². The van der Waals surface area contributed by atoms with E-state index in [2.05, 4.69) is 39.7 Å². The lowest BCUT2D eigenvalue weighted by Gasteiger charge is -2.22. The van der Waals surface area contributed by atoms with Gasteiger partial charge < -0.3 is 5.32 Å². The van der Waals surface area contributed by atoms with E-state index in [1.165, 1.54) is 43.4 Å². The molecule has 2 unspecified atom stereocenters. The molecule has 2 atom stereocenters. The molecular weight excluding hydrogens is 334 g/mol. The fourth-order valence-electron chi connectivity index (χ4n) is 3.32. The molecule has 1 aliphatic carbocycles. The summed E-state index contributed by atoms with van der Waals surface area (Å²) in [6.45, 7) is 4.56. The summed E-state index contributed by atoms with van der Waals surface area (Å²) in [5.74, 6) is 2.11. The van der Waals surface area contributed by atoms with Gasteiger partial charge in [0.1, 0.15) is 11.3 Å². The lowest BCUT2D eigenvalue weighted by atomic mass is 9.94. The van der Waals surface area contributed by atoms with Crippen molar-refractivity contribution in [1.82, 2.24) is 15.2 Å². The largest absolute Gasteiger partial charge is 0.367 e. The first kappa shape index (κ1) is 17.8. The Hall–Kier alpha value is -2.02. The number of aromatic nitrogens is 3. The third-order valence-corrected chi connectivity index (χ3v) is 5.32. The average molecular weight is 359 g/mol. The Morgan fingerprint density at radius 3 is 2.92 bits per heavy atom. The molecule has 134 valence electrons. The van der Waals surface area contributed by atoms with Crippen molar-refractivity contribution in [3.8, 4) is 0 Å². The van der Waals surface area contributed by atoms with Gasteiger partial charge in [-0.05, 0) is 43.2 Å². The van der Waals surface area contributed by atoms with Gasteiger partial charge in [-0.15, -0.1) is 10.2 Å². The number of nitrogens with one attached hydrogen (secondary N) is 2. The van der Waals surface area contributed by atoms with Gasteiger partial charge in [0, 0.05) is 12.2 Å². The second-order valence-electron chi connectivity index (χ2n) is 7.04. The summed E-state index contributed by atoms with van der Waals surface area (Å²) in [6.07, 6.45) is 7.94. The normalized spacial score (nSPS) is 20.0. The molecule has 0 radical (unpaired) electrons. The van der Waals surface area contributed by atoms with Gasteiger partial charge in [0.15, 0.2) is 0 Å². The molecular formula is C18H25N5OS. The lowest BCUT2D eigenvalue weighted by molar-refractivity contribution is 0.102. The van der Waals surface area contributed by atoms with Crippen LogP contribution in [-0.2, 0) is 0 Å². The smallest absolute Gasteiger partial charge is 0.259 e. The third kappa shape index (κ3) is 4.98. The van der Waals surface area contributed by atoms with Gasteiger partial charge in [0.2, 0.25) is 5.13 Å². The van der Waals surface area contributed by atoms with E-state index in [0.717, 1.165) is 17.7 Å². The zero-order chi connectivity index (χ0) is 17.6. The second-order valence-corrected chi connectivity index (χ2v) is 7.88. The molecule has 1 amide bonds. The summed E-state index contributed by atoms with van der Waals surface area (Å²) in [4.78, 5) is 16.6. The Balaban J connectivity index is 1.56. The van der Waals surface area contributed by atoms with E-state index in [1.54, 1.807) is 17.8 Å². The molecule has 7 heteroatoms. The van der Waals surface area contributed by atoms with Crippen molar-refractivity contribution >= 4 is 28.2 Å². The zero-order valence-corrected chi connectivity index (χ0v) is 15.6. The van der Waals surface area contributed by atoms with Crippen LogP contribution in [0.15, 0.2) is 23.8 Å². The molecule has 2 N–H and O–H groups in total. The van der Waals surface area contributed by atoms with Crippen molar-refractivity contribution in [3.63, 3.8) is 0 Å². The Morgan fingerprint density at radius 1 is 1.36 bits per heavy atom. The minimum Gasteiger partial charge on any atom is -0.367 e. The fourth-order valence-corrected chi connectivity index (χ4v) is 3.76. The third-order valence-electron chi connectivity index (χ3n) is 4.71. The molecule has 0 saturated heterocycles. The quantitative estimate of drug-likeness (QED) is 0.774. The van der Waals surface area contributed by atoms with Crippen LogP contribution in [0.2, 0.25) is 0 Å². The minimum atomic E-state index is -0.216. The number of anilines is 2. The summed E-state index contributed by atoms with van der Waals surface area (Å²) < 4.78 is 0. The van der Waals surface area contributed by atoms with E-state index in [4.69, 9.17) is 0 Å². The molecule has 0 bridgehead atoms. The first-order chi connectivity index (χ1) is 12.1. The standard InChI is InChI=1S/C18H25N5OS/c1-12(2)6-7-13-4-3-5-15(13)21-16-9-8-14(10-19-16)17(24)22-18-23-20-11-25-18/h8-13,15H,3-7H2,1-2H3,(H,19,21)(H,22,23,24). The van der Waals surface area contributed by atoms with Crippen LogP contribution in [0.1, 0.15) is 56.3 Å². The Labute approximate surface area is 152 Å². The highest BCUT2D eigenvalue weighted by molar-refractivity contribution is 7.13. The van der Waals surface area contributed by atoms with Gasteiger partial charge in [-0.25, -0.2) is 4.98 Å². The molecule has 1 aliphatic rings. The predicted octanol–water partition coefficient (Wildman–Crippen LogP) is 4.20. The molecule has 2 heterocycles. The highest BCUT2D eigenvalue weighted by Gasteiger charge is 2.27. The van der Waals surface area contributed by atoms with E-state index in [9.17, 15) is 4.79 Å². The number of amides is 1. The molecule has 1 fully saturated rings. The average Bonchev–Trinajstić information content (AvgIpc) is 3.25. The van der Waals surface area contributed by atoms with Crippen molar-refractivity contribution < 1.29 is 4.79 Å². The van der Waals surface area contributed by atoms with Gasteiger partial charge in [-0.2, -0.15) is 0 Å². The summed E-state index contributed by atoms with van der Waals surface area (Å²) in [6, 6.07) is 4.17. The molecule has 2 aromatic rings. The van der Waals surface area contributed by atoms with E-state index in [1.807, 2.05) is 6.07 Å². The van der Waals surface area contributed by atoms with Gasteiger partial charge in [-0.3, -0.25) is 10.1 Å². The Morgan fingerprint density at radius 2 is 2.24 bits per heavy atom. The van der Waals surface area contributed by atoms with Gasteiger partial charge in [0.05, 0.1) is 5.56 Å². The van der Waals surface area contributed by atoms with Crippen LogP contribution < -0.4 is 10.6 Å². The van der Waals surface area contributed by atoms with E-state index in [-0.39, 0.29) is 5.91 Å². The first-order valence-corrected chi connectivity index (χ1v) is 9.80. The van der Waals surface area contributed by atoms with Crippen molar-refractivity contribution in [2.75, 3.05) is 10.6 Å². The maximum absolute atomic E-state index is 12.1. The summed E-state index contributed by atoms with van der Waals surface area (Å²) in [5.41, 5.74) is 2.10. The highest BCUT2D eigenvalue weighted by Crippen LogP contribution is 2.32. The zero-order valence-electron chi connectivity index (χ0n) is 14.7. The van der Waals surface area contributed by atoms with Gasteiger partial charge in [-0.1, -0.05) is 38.0 Å². The van der Waals surface area contributed by atoms with Crippen LogP contribution in [0.3, 0.4) is 0 Å². The first-order valence-electron chi connectivity index (χ1n) is 8.92. The number of carbonyl (C=O) groups is 1.